The van der Waals surface area contributed by atoms with Gasteiger partial charge in [-0.3, -0.25) is 24.5 Å². The van der Waals surface area contributed by atoms with E-state index in [9.17, 15) is 24.5 Å². The van der Waals surface area contributed by atoms with Crippen molar-refractivity contribution in [3.8, 4) is 0 Å². The van der Waals surface area contributed by atoms with Gasteiger partial charge in [0.2, 0.25) is 5.91 Å². The number of nitro groups is 1. The summed E-state index contributed by atoms with van der Waals surface area (Å²) < 4.78 is 5.06. The van der Waals surface area contributed by atoms with Crippen molar-refractivity contribution < 1.29 is 24.0 Å². The number of nitro benzene ring substituents is 1. The number of carbonyl (C=O) groups is 3. The lowest BCUT2D eigenvalue weighted by molar-refractivity contribution is -0.385. The second kappa shape index (κ2) is 9.13. The van der Waals surface area contributed by atoms with Gasteiger partial charge in [-0.05, 0) is 37.6 Å². The maximum absolute atomic E-state index is 12.4. The summed E-state index contributed by atoms with van der Waals surface area (Å²) in [4.78, 5) is 48.8. The SMILES string of the molecule is Cc1ccc(NC(=O)COC(=O)[C@@H]2CC(=O)N(c3cccc(Cl)c3C)C2)cc1[N+](=O)[O-]. The fourth-order valence-corrected chi connectivity index (χ4v) is 3.49. The molecule has 1 heterocycles. The maximum atomic E-state index is 12.4. The number of anilines is 2. The van der Waals surface area contributed by atoms with Crippen molar-refractivity contribution in [1.82, 2.24) is 0 Å². The molecule has 162 valence electrons. The Morgan fingerprint density at radius 3 is 2.74 bits per heavy atom. The van der Waals surface area contributed by atoms with E-state index in [4.69, 9.17) is 16.3 Å². The van der Waals surface area contributed by atoms with E-state index in [0.717, 1.165) is 5.56 Å². The van der Waals surface area contributed by atoms with Gasteiger partial charge in [0.15, 0.2) is 6.61 Å². The molecular formula is C21H20ClN3O6. The van der Waals surface area contributed by atoms with Gasteiger partial charge in [-0.2, -0.15) is 0 Å². The predicted molar refractivity (Wildman–Crippen MR) is 114 cm³/mol. The molecule has 9 nitrogen and oxygen atoms in total. The van der Waals surface area contributed by atoms with E-state index < -0.39 is 29.3 Å². The zero-order chi connectivity index (χ0) is 22.7. The molecule has 2 aromatic carbocycles. The minimum Gasteiger partial charge on any atom is -0.455 e. The molecular weight excluding hydrogens is 426 g/mol. The van der Waals surface area contributed by atoms with Gasteiger partial charge >= 0.3 is 5.97 Å². The minimum atomic E-state index is -0.709. The normalized spacial score (nSPS) is 15.6. The van der Waals surface area contributed by atoms with Gasteiger partial charge in [0, 0.05) is 41.0 Å². The second-order valence-electron chi connectivity index (χ2n) is 7.20. The Labute approximate surface area is 183 Å². The summed E-state index contributed by atoms with van der Waals surface area (Å²) in [5.74, 6) is -2.25. The number of amides is 2. The third kappa shape index (κ3) is 5.00. The average molecular weight is 446 g/mol. The van der Waals surface area contributed by atoms with Crippen LogP contribution < -0.4 is 10.2 Å². The Morgan fingerprint density at radius 1 is 1.29 bits per heavy atom. The van der Waals surface area contributed by atoms with E-state index in [2.05, 4.69) is 5.32 Å². The summed E-state index contributed by atoms with van der Waals surface area (Å²) in [5, 5.41) is 14.0. The van der Waals surface area contributed by atoms with Crippen LogP contribution in [-0.4, -0.2) is 35.9 Å². The number of ether oxygens (including phenoxy) is 1. The molecule has 0 spiro atoms. The number of rotatable bonds is 6. The van der Waals surface area contributed by atoms with Gasteiger partial charge < -0.3 is 15.0 Å². The highest BCUT2D eigenvalue weighted by atomic mass is 35.5. The summed E-state index contributed by atoms with van der Waals surface area (Å²) in [6, 6.07) is 9.45. The number of aryl methyl sites for hydroxylation is 1. The van der Waals surface area contributed by atoms with E-state index in [1.165, 1.54) is 23.1 Å². The van der Waals surface area contributed by atoms with Crippen LogP contribution in [0.1, 0.15) is 17.5 Å². The molecule has 0 bridgehead atoms. The molecule has 1 aliphatic heterocycles. The highest BCUT2D eigenvalue weighted by Crippen LogP contribution is 2.31. The summed E-state index contributed by atoms with van der Waals surface area (Å²) in [6.45, 7) is 2.94. The molecule has 31 heavy (non-hydrogen) atoms. The third-order valence-electron chi connectivity index (χ3n) is 5.02. The lowest BCUT2D eigenvalue weighted by Gasteiger charge is -2.19. The Hall–Kier alpha value is -3.46. The van der Waals surface area contributed by atoms with Crippen LogP contribution in [0.3, 0.4) is 0 Å². The molecule has 10 heteroatoms. The largest absolute Gasteiger partial charge is 0.455 e. The number of carbonyl (C=O) groups excluding carboxylic acids is 3. The zero-order valence-electron chi connectivity index (χ0n) is 16.9. The molecule has 0 aromatic heterocycles. The van der Waals surface area contributed by atoms with Crippen molar-refractivity contribution in [2.45, 2.75) is 20.3 Å². The molecule has 1 aliphatic rings. The number of nitrogens with zero attached hydrogens (tertiary/aromatic N) is 2. The molecule has 1 fully saturated rings. The first kappa shape index (κ1) is 22.2. The summed E-state index contributed by atoms with van der Waals surface area (Å²) >= 11 is 6.11. The number of benzene rings is 2. The molecule has 3 rings (SSSR count). The molecule has 2 amide bonds. The summed E-state index contributed by atoms with van der Waals surface area (Å²) in [6.07, 6.45) is -0.0312. The van der Waals surface area contributed by atoms with E-state index in [0.29, 0.717) is 16.3 Å². The average Bonchev–Trinajstić information content (AvgIpc) is 3.11. The van der Waals surface area contributed by atoms with Gasteiger partial charge in [0.25, 0.3) is 11.6 Å². The highest BCUT2D eigenvalue weighted by molar-refractivity contribution is 6.31. The number of hydrogen-bond acceptors (Lipinski definition) is 6. The standard InChI is InChI=1S/C21H20ClN3O6/c1-12-6-7-15(9-18(12)25(29)30)23-19(26)11-31-21(28)14-8-20(27)24(10-14)17-5-3-4-16(22)13(17)2/h3-7,9,14H,8,10-11H2,1-2H3,(H,23,26)/t14-/m1/s1. The van der Waals surface area contributed by atoms with Gasteiger partial charge in [-0.1, -0.05) is 23.7 Å². The van der Waals surface area contributed by atoms with Crippen LogP contribution >= 0.6 is 11.6 Å². The van der Waals surface area contributed by atoms with E-state index in [-0.39, 0.29) is 30.2 Å². The first-order valence-corrected chi connectivity index (χ1v) is 9.82. The minimum absolute atomic E-state index is 0.0312. The molecule has 0 saturated carbocycles. The Bertz CT molecular complexity index is 1070. The fourth-order valence-electron chi connectivity index (χ4n) is 3.32. The molecule has 1 N–H and O–H groups in total. The summed E-state index contributed by atoms with van der Waals surface area (Å²) in [5.41, 5.74) is 1.91. The van der Waals surface area contributed by atoms with Gasteiger partial charge in [-0.25, -0.2) is 0 Å². The van der Waals surface area contributed by atoms with Crippen LogP contribution in [0.5, 0.6) is 0 Å². The quantitative estimate of drug-likeness (QED) is 0.413. The lowest BCUT2D eigenvalue weighted by Crippen LogP contribution is -2.28. The topological polar surface area (TPSA) is 119 Å². The van der Waals surface area contributed by atoms with E-state index in [1.54, 1.807) is 32.0 Å². The Kier molecular flexibility index (Phi) is 6.55. The van der Waals surface area contributed by atoms with Crippen molar-refractivity contribution in [2.24, 2.45) is 5.92 Å². The molecule has 0 radical (unpaired) electrons. The van der Waals surface area contributed by atoms with Crippen LogP contribution in [-0.2, 0) is 19.1 Å². The second-order valence-corrected chi connectivity index (χ2v) is 7.61. The molecule has 0 aliphatic carbocycles. The molecule has 1 atom stereocenters. The van der Waals surface area contributed by atoms with Crippen LogP contribution in [0.4, 0.5) is 17.1 Å². The smallest absolute Gasteiger partial charge is 0.311 e. The van der Waals surface area contributed by atoms with E-state index in [1.807, 2.05) is 0 Å². The zero-order valence-corrected chi connectivity index (χ0v) is 17.6. The van der Waals surface area contributed by atoms with Crippen LogP contribution in [0.15, 0.2) is 36.4 Å². The van der Waals surface area contributed by atoms with Crippen molar-refractivity contribution in [1.29, 1.82) is 0 Å². The number of halogens is 1. The van der Waals surface area contributed by atoms with Gasteiger partial charge in [0.05, 0.1) is 10.8 Å². The van der Waals surface area contributed by atoms with Crippen LogP contribution in [0.2, 0.25) is 5.02 Å². The Balaban J connectivity index is 1.57. The predicted octanol–water partition coefficient (Wildman–Crippen LogP) is 3.40. The number of hydrogen-bond donors (Lipinski definition) is 1. The van der Waals surface area contributed by atoms with Gasteiger partial charge in [-0.15, -0.1) is 0 Å². The molecule has 0 unspecified atom stereocenters. The van der Waals surface area contributed by atoms with Gasteiger partial charge in [0.1, 0.15) is 0 Å². The van der Waals surface area contributed by atoms with Crippen LogP contribution in [0, 0.1) is 29.9 Å². The molecule has 2 aromatic rings. The first-order valence-electron chi connectivity index (χ1n) is 9.44. The summed E-state index contributed by atoms with van der Waals surface area (Å²) in [7, 11) is 0. The number of nitrogens with one attached hydrogen (secondary N) is 1. The Morgan fingerprint density at radius 2 is 2.03 bits per heavy atom. The number of esters is 1. The third-order valence-corrected chi connectivity index (χ3v) is 5.43. The first-order chi connectivity index (χ1) is 14.7. The van der Waals surface area contributed by atoms with E-state index >= 15 is 0 Å². The van der Waals surface area contributed by atoms with Crippen molar-refractivity contribution in [3.05, 3.63) is 62.7 Å². The van der Waals surface area contributed by atoms with Crippen molar-refractivity contribution >= 4 is 46.4 Å². The lowest BCUT2D eigenvalue weighted by atomic mass is 10.1. The maximum Gasteiger partial charge on any atom is 0.311 e. The van der Waals surface area contributed by atoms with Crippen molar-refractivity contribution in [3.63, 3.8) is 0 Å². The fraction of sp³-hybridized carbons (Fsp3) is 0.286. The van der Waals surface area contributed by atoms with Crippen LogP contribution in [0.25, 0.3) is 0 Å². The van der Waals surface area contributed by atoms with Crippen molar-refractivity contribution in [2.75, 3.05) is 23.4 Å². The highest BCUT2D eigenvalue weighted by Gasteiger charge is 2.37. The monoisotopic (exact) mass is 445 g/mol. The molecule has 1 saturated heterocycles.